The topological polar surface area (TPSA) is 56.0 Å². The first-order valence-electron chi connectivity index (χ1n) is 4.79. The van der Waals surface area contributed by atoms with E-state index < -0.39 is 10.8 Å². The summed E-state index contributed by atoms with van der Waals surface area (Å²) in [6.45, 7) is 1.92. The maximum atomic E-state index is 12.1. The van der Waals surface area contributed by atoms with E-state index in [0.29, 0.717) is 16.3 Å². The number of nitrogens with zero attached hydrogens (tertiary/aromatic N) is 1. The fraction of sp³-hybridized carbons (Fsp3) is 0.182. The van der Waals surface area contributed by atoms with E-state index in [0.717, 1.165) is 10.4 Å². The molecule has 1 aromatic heterocycles. The fourth-order valence-corrected chi connectivity index (χ4v) is 3.47. The van der Waals surface area contributed by atoms with Gasteiger partial charge in [0.15, 0.2) is 0 Å². The molecule has 0 spiro atoms. The number of nitrogens with two attached hydrogens (primary N) is 1. The molecular formula is C11H12N2OS2. The third-order valence-electron chi connectivity index (χ3n) is 2.29. The van der Waals surface area contributed by atoms with Crippen LogP contribution < -0.4 is 5.73 Å². The van der Waals surface area contributed by atoms with Gasteiger partial charge in [0.05, 0.1) is 32.6 Å². The van der Waals surface area contributed by atoms with Crippen molar-refractivity contribution >= 4 is 27.8 Å². The predicted molar refractivity (Wildman–Crippen MR) is 67.8 cm³/mol. The minimum absolute atomic E-state index is 0.484. The SMILES string of the molecule is Cc1cccc(S(=O)Cc2cncs2)c1N. The molecule has 0 aliphatic carbocycles. The summed E-state index contributed by atoms with van der Waals surface area (Å²) >= 11 is 1.51. The van der Waals surface area contributed by atoms with Gasteiger partial charge in [-0.25, -0.2) is 0 Å². The zero-order chi connectivity index (χ0) is 11.5. The molecule has 0 bridgehead atoms. The van der Waals surface area contributed by atoms with Gasteiger partial charge in [-0.1, -0.05) is 12.1 Å². The molecule has 2 aromatic rings. The summed E-state index contributed by atoms with van der Waals surface area (Å²) in [7, 11) is -1.09. The Balaban J connectivity index is 2.24. The second-order valence-electron chi connectivity index (χ2n) is 3.44. The van der Waals surface area contributed by atoms with E-state index in [9.17, 15) is 4.21 Å². The monoisotopic (exact) mass is 252 g/mol. The zero-order valence-corrected chi connectivity index (χ0v) is 10.5. The van der Waals surface area contributed by atoms with Crippen LogP contribution in [-0.4, -0.2) is 9.19 Å². The lowest BCUT2D eigenvalue weighted by molar-refractivity contribution is 0.683. The molecule has 0 saturated carbocycles. The van der Waals surface area contributed by atoms with Crippen LogP contribution in [0.25, 0.3) is 0 Å². The lowest BCUT2D eigenvalue weighted by Crippen LogP contribution is -2.01. The predicted octanol–water partition coefficient (Wildman–Crippen LogP) is 2.34. The van der Waals surface area contributed by atoms with Crippen LogP contribution in [0.3, 0.4) is 0 Å². The molecule has 3 nitrogen and oxygen atoms in total. The molecule has 0 saturated heterocycles. The Morgan fingerprint density at radius 3 is 3.00 bits per heavy atom. The van der Waals surface area contributed by atoms with Gasteiger partial charge in [-0.15, -0.1) is 11.3 Å². The van der Waals surface area contributed by atoms with Crippen molar-refractivity contribution in [1.82, 2.24) is 4.98 Å². The van der Waals surface area contributed by atoms with Gasteiger partial charge >= 0.3 is 0 Å². The van der Waals surface area contributed by atoms with Crippen molar-refractivity contribution in [2.75, 3.05) is 5.73 Å². The maximum Gasteiger partial charge on any atom is 0.0794 e. The summed E-state index contributed by atoms with van der Waals surface area (Å²) in [4.78, 5) is 5.69. The summed E-state index contributed by atoms with van der Waals surface area (Å²) in [6.07, 6.45) is 1.74. The number of rotatable bonds is 3. The molecule has 16 heavy (non-hydrogen) atoms. The van der Waals surface area contributed by atoms with E-state index in [1.54, 1.807) is 11.7 Å². The highest BCUT2D eigenvalue weighted by Crippen LogP contribution is 2.23. The minimum Gasteiger partial charge on any atom is -0.398 e. The normalized spacial score (nSPS) is 12.6. The Hall–Kier alpha value is -1.20. The quantitative estimate of drug-likeness (QED) is 0.853. The average Bonchev–Trinajstić information content (AvgIpc) is 2.74. The number of benzene rings is 1. The van der Waals surface area contributed by atoms with E-state index in [-0.39, 0.29) is 0 Å². The molecule has 0 aliphatic rings. The molecule has 1 aromatic carbocycles. The lowest BCUT2D eigenvalue weighted by atomic mass is 10.2. The molecular weight excluding hydrogens is 240 g/mol. The van der Waals surface area contributed by atoms with Crippen molar-refractivity contribution in [1.29, 1.82) is 0 Å². The van der Waals surface area contributed by atoms with Crippen LogP contribution in [0.1, 0.15) is 10.4 Å². The highest BCUT2D eigenvalue weighted by Gasteiger charge is 2.10. The number of hydrogen-bond acceptors (Lipinski definition) is 4. The molecule has 0 radical (unpaired) electrons. The Morgan fingerprint density at radius 1 is 1.50 bits per heavy atom. The van der Waals surface area contributed by atoms with Crippen molar-refractivity contribution in [3.05, 3.63) is 40.3 Å². The van der Waals surface area contributed by atoms with Crippen LogP contribution in [0.4, 0.5) is 5.69 Å². The number of nitrogen functional groups attached to an aromatic ring is 1. The number of aryl methyl sites for hydroxylation is 1. The second-order valence-corrected chi connectivity index (χ2v) is 5.83. The Kier molecular flexibility index (Phi) is 3.36. The van der Waals surface area contributed by atoms with Crippen molar-refractivity contribution < 1.29 is 4.21 Å². The number of para-hydroxylation sites is 1. The summed E-state index contributed by atoms with van der Waals surface area (Å²) in [5.41, 5.74) is 9.25. The van der Waals surface area contributed by atoms with Gasteiger partial charge in [0.2, 0.25) is 0 Å². The number of thiazole rings is 1. The minimum atomic E-state index is -1.09. The average molecular weight is 252 g/mol. The van der Waals surface area contributed by atoms with Crippen molar-refractivity contribution in [2.24, 2.45) is 0 Å². The van der Waals surface area contributed by atoms with Gasteiger partial charge in [0, 0.05) is 11.1 Å². The van der Waals surface area contributed by atoms with E-state index >= 15 is 0 Å². The van der Waals surface area contributed by atoms with E-state index in [2.05, 4.69) is 4.98 Å². The van der Waals surface area contributed by atoms with Gasteiger partial charge in [0.25, 0.3) is 0 Å². The first-order valence-corrected chi connectivity index (χ1v) is 6.99. The van der Waals surface area contributed by atoms with Gasteiger partial charge < -0.3 is 5.73 Å². The van der Waals surface area contributed by atoms with Gasteiger partial charge in [-0.3, -0.25) is 9.19 Å². The molecule has 2 rings (SSSR count). The van der Waals surface area contributed by atoms with E-state index in [4.69, 9.17) is 5.73 Å². The second kappa shape index (κ2) is 4.76. The Bertz CT molecular complexity index is 509. The van der Waals surface area contributed by atoms with Crippen molar-refractivity contribution in [3.8, 4) is 0 Å². The summed E-state index contributed by atoms with van der Waals surface area (Å²) in [6, 6.07) is 5.62. The molecule has 0 aliphatic heterocycles. The summed E-state index contributed by atoms with van der Waals surface area (Å²) in [5.74, 6) is 0.484. The maximum absolute atomic E-state index is 12.1. The van der Waals surface area contributed by atoms with E-state index in [1.807, 2.05) is 25.1 Å². The third-order valence-corrected chi connectivity index (χ3v) is 4.67. The summed E-state index contributed by atoms with van der Waals surface area (Å²) in [5, 5.41) is 0. The third kappa shape index (κ3) is 2.31. The van der Waals surface area contributed by atoms with Crippen LogP contribution in [0.2, 0.25) is 0 Å². The van der Waals surface area contributed by atoms with Crippen molar-refractivity contribution in [2.45, 2.75) is 17.6 Å². The molecule has 2 N–H and O–H groups in total. The van der Waals surface area contributed by atoms with E-state index in [1.165, 1.54) is 11.3 Å². The number of hydrogen-bond donors (Lipinski definition) is 1. The Morgan fingerprint density at radius 2 is 2.31 bits per heavy atom. The van der Waals surface area contributed by atoms with Crippen LogP contribution in [0, 0.1) is 6.92 Å². The standard InChI is InChI=1S/C11H12N2OS2/c1-8-3-2-4-10(11(8)12)16(14)6-9-5-13-7-15-9/h2-5,7H,6,12H2,1H3. The molecule has 1 unspecified atom stereocenters. The van der Waals surface area contributed by atoms with Crippen LogP contribution in [-0.2, 0) is 16.6 Å². The van der Waals surface area contributed by atoms with Gasteiger partial charge in [0.1, 0.15) is 0 Å². The first kappa shape index (κ1) is 11.3. The first-order chi connectivity index (χ1) is 7.68. The van der Waals surface area contributed by atoms with Crippen LogP contribution in [0.15, 0.2) is 34.8 Å². The lowest BCUT2D eigenvalue weighted by Gasteiger charge is -2.06. The molecule has 5 heteroatoms. The molecule has 1 atom stereocenters. The number of aromatic nitrogens is 1. The molecule has 1 heterocycles. The van der Waals surface area contributed by atoms with Crippen LogP contribution >= 0.6 is 11.3 Å². The molecule has 0 amide bonds. The molecule has 84 valence electrons. The Labute approximate surface area is 101 Å². The highest BCUT2D eigenvalue weighted by molar-refractivity contribution is 7.84. The summed E-state index contributed by atoms with van der Waals surface area (Å²) < 4.78 is 12.1. The van der Waals surface area contributed by atoms with Crippen molar-refractivity contribution in [3.63, 3.8) is 0 Å². The van der Waals surface area contributed by atoms with Crippen LogP contribution in [0.5, 0.6) is 0 Å². The van der Waals surface area contributed by atoms with Gasteiger partial charge in [-0.05, 0) is 18.6 Å². The number of anilines is 1. The molecule has 0 fully saturated rings. The van der Waals surface area contributed by atoms with Gasteiger partial charge in [-0.2, -0.15) is 0 Å². The largest absolute Gasteiger partial charge is 0.398 e. The zero-order valence-electron chi connectivity index (χ0n) is 8.84. The fourth-order valence-electron chi connectivity index (χ4n) is 1.37. The highest BCUT2D eigenvalue weighted by atomic mass is 32.2. The smallest absolute Gasteiger partial charge is 0.0794 e.